The Balaban J connectivity index is 1.36. The van der Waals surface area contributed by atoms with Crippen molar-refractivity contribution < 1.29 is 4.79 Å². The van der Waals surface area contributed by atoms with Gasteiger partial charge in [0.15, 0.2) is 0 Å². The molecule has 1 aromatic carbocycles. The molecule has 1 fully saturated rings. The second-order valence-corrected chi connectivity index (χ2v) is 7.66. The molecule has 1 saturated heterocycles. The molecular weight excluding hydrogens is 324 g/mol. The number of carbonyl (C=O) groups excluding carboxylic acids is 1. The van der Waals surface area contributed by atoms with Gasteiger partial charge in [-0.25, -0.2) is 4.98 Å². The van der Waals surface area contributed by atoms with E-state index in [1.54, 1.807) is 0 Å². The second kappa shape index (κ2) is 7.23. The van der Waals surface area contributed by atoms with Gasteiger partial charge < -0.3 is 9.47 Å². The number of benzene rings is 1. The summed E-state index contributed by atoms with van der Waals surface area (Å²) in [6, 6.07) is 8.55. The van der Waals surface area contributed by atoms with Crippen LogP contribution >= 0.6 is 0 Å². The third kappa shape index (κ3) is 3.28. The van der Waals surface area contributed by atoms with Gasteiger partial charge in [0.05, 0.1) is 6.04 Å². The fourth-order valence-electron chi connectivity index (χ4n) is 4.40. The predicted molar refractivity (Wildman–Crippen MR) is 102 cm³/mol. The fraction of sp³-hybridized carbons (Fsp3) is 0.524. The van der Waals surface area contributed by atoms with Crippen LogP contribution in [0.15, 0.2) is 36.7 Å². The molecular formula is C21H28N4O. The average Bonchev–Trinajstić information content (AvgIpc) is 3.12. The first-order valence-electron chi connectivity index (χ1n) is 9.70. The summed E-state index contributed by atoms with van der Waals surface area (Å²) >= 11 is 0. The molecule has 138 valence electrons. The number of fused-ring (bicyclic) bond motifs is 1. The first-order valence-corrected chi connectivity index (χ1v) is 9.70. The number of rotatable bonds is 3. The summed E-state index contributed by atoms with van der Waals surface area (Å²) < 4.78 is 2.11. The first kappa shape index (κ1) is 17.3. The Bertz CT molecular complexity index is 776. The molecule has 1 unspecified atom stereocenters. The van der Waals surface area contributed by atoms with Gasteiger partial charge in [-0.15, -0.1) is 0 Å². The van der Waals surface area contributed by atoms with Crippen LogP contribution in [-0.4, -0.2) is 50.9 Å². The Hall–Kier alpha value is -2.14. The maximum atomic E-state index is 13.0. The van der Waals surface area contributed by atoms with Crippen LogP contribution in [-0.2, 0) is 24.8 Å². The maximum Gasteiger partial charge on any atom is 0.239 e. The molecule has 2 aliphatic rings. The normalized spacial score (nSPS) is 20.0. The standard InChI is InChI=1S/C21H28N4O/c1-16(25-13-7-17-5-3-4-6-19(17)15-25)21(26)24-11-8-18(9-12-24)20-22-10-14-23(20)2/h3-6,10,14,16,18H,7-9,11-13,15H2,1-2H3. The van der Waals surface area contributed by atoms with Crippen LogP contribution in [0.2, 0.25) is 0 Å². The number of aryl methyl sites for hydroxylation is 1. The van der Waals surface area contributed by atoms with E-state index in [0.717, 1.165) is 51.3 Å². The molecule has 2 aromatic rings. The Morgan fingerprint density at radius 1 is 1.15 bits per heavy atom. The molecule has 3 heterocycles. The number of hydrogen-bond donors (Lipinski definition) is 0. The van der Waals surface area contributed by atoms with Gasteiger partial charge in [0.2, 0.25) is 5.91 Å². The van der Waals surface area contributed by atoms with Gasteiger partial charge in [0, 0.05) is 51.5 Å². The Morgan fingerprint density at radius 3 is 2.58 bits per heavy atom. The predicted octanol–water partition coefficient (Wildman–Crippen LogP) is 2.57. The number of imidazole rings is 1. The van der Waals surface area contributed by atoms with Crippen molar-refractivity contribution in [1.82, 2.24) is 19.4 Å². The molecule has 2 aliphatic heterocycles. The van der Waals surface area contributed by atoms with E-state index >= 15 is 0 Å². The van der Waals surface area contributed by atoms with Gasteiger partial charge in [-0.2, -0.15) is 0 Å². The minimum absolute atomic E-state index is 0.0481. The Morgan fingerprint density at radius 2 is 1.88 bits per heavy atom. The molecule has 0 aliphatic carbocycles. The van der Waals surface area contributed by atoms with Crippen molar-refractivity contribution in [2.45, 2.75) is 44.7 Å². The summed E-state index contributed by atoms with van der Waals surface area (Å²) in [5, 5.41) is 0. The van der Waals surface area contributed by atoms with E-state index in [4.69, 9.17) is 0 Å². The number of carbonyl (C=O) groups is 1. The molecule has 1 atom stereocenters. The van der Waals surface area contributed by atoms with Gasteiger partial charge in [-0.1, -0.05) is 24.3 Å². The molecule has 4 rings (SSSR count). The summed E-state index contributed by atoms with van der Waals surface area (Å²) in [6.07, 6.45) is 6.92. The van der Waals surface area contributed by atoms with Crippen LogP contribution in [0.5, 0.6) is 0 Å². The lowest BCUT2D eigenvalue weighted by Gasteiger charge is -2.38. The van der Waals surface area contributed by atoms with E-state index in [9.17, 15) is 4.79 Å². The summed E-state index contributed by atoms with van der Waals surface area (Å²) in [5.41, 5.74) is 2.80. The van der Waals surface area contributed by atoms with E-state index < -0.39 is 0 Å². The number of nitrogens with zero attached hydrogens (tertiary/aromatic N) is 4. The molecule has 0 spiro atoms. The molecule has 26 heavy (non-hydrogen) atoms. The van der Waals surface area contributed by atoms with E-state index in [1.165, 1.54) is 11.1 Å². The average molecular weight is 352 g/mol. The molecule has 5 heteroatoms. The minimum atomic E-state index is -0.0481. The summed E-state index contributed by atoms with van der Waals surface area (Å²) in [5.74, 6) is 1.90. The Kier molecular flexibility index (Phi) is 4.81. The Labute approximate surface area is 155 Å². The zero-order valence-corrected chi connectivity index (χ0v) is 15.8. The largest absolute Gasteiger partial charge is 0.341 e. The molecule has 1 amide bonds. The van der Waals surface area contributed by atoms with Crippen molar-refractivity contribution in [3.05, 3.63) is 53.6 Å². The third-order valence-electron chi connectivity index (χ3n) is 6.10. The second-order valence-electron chi connectivity index (χ2n) is 7.66. The van der Waals surface area contributed by atoms with Gasteiger partial charge in [-0.05, 0) is 37.3 Å². The molecule has 5 nitrogen and oxygen atoms in total. The number of piperidine rings is 1. The van der Waals surface area contributed by atoms with Crippen LogP contribution in [0.4, 0.5) is 0 Å². The van der Waals surface area contributed by atoms with Crippen molar-refractivity contribution in [3.8, 4) is 0 Å². The smallest absolute Gasteiger partial charge is 0.239 e. The van der Waals surface area contributed by atoms with Crippen molar-refractivity contribution in [2.75, 3.05) is 19.6 Å². The highest BCUT2D eigenvalue weighted by atomic mass is 16.2. The highest BCUT2D eigenvalue weighted by Gasteiger charge is 2.31. The van der Waals surface area contributed by atoms with E-state index in [0.29, 0.717) is 5.92 Å². The van der Waals surface area contributed by atoms with E-state index in [-0.39, 0.29) is 11.9 Å². The lowest BCUT2D eigenvalue weighted by atomic mass is 9.95. The lowest BCUT2D eigenvalue weighted by Crippen LogP contribution is -2.50. The third-order valence-corrected chi connectivity index (χ3v) is 6.10. The van der Waals surface area contributed by atoms with Gasteiger partial charge in [0.1, 0.15) is 5.82 Å². The van der Waals surface area contributed by atoms with Gasteiger partial charge >= 0.3 is 0 Å². The molecule has 0 saturated carbocycles. The highest BCUT2D eigenvalue weighted by molar-refractivity contribution is 5.81. The van der Waals surface area contributed by atoms with Crippen LogP contribution in [0.3, 0.4) is 0 Å². The number of likely N-dealkylation sites (tertiary alicyclic amines) is 1. The maximum absolute atomic E-state index is 13.0. The molecule has 1 aromatic heterocycles. The summed E-state index contributed by atoms with van der Waals surface area (Å²) in [6.45, 7) is 5.60. The summed E-state index contributed by atoms with van der Waals surface area (Å²) in [4.78, 5) is 21.9. The SMILES string of the molecule is CC(C(=O)N1CCC(c2nccn2C)CC1)N1CCc2ccccc2C1. The fourth-order valence-corrected chi connectivity index (χ4v) is 4.40. The van der Waals surface area contributed by atoms with Crippen molar-refractivity contribution in [3.63, 3.8) is 0 Å². The van der Waals surface area contributed by atoms with Crippen LogP contribution in [0.1, 0.15) is 42.6 Å². The number of amides is 1. The highest BCUT2D eigenvalue weighted by Crippen LogP contribution is 2.28. The molecule has 0 radical (unpaired) electrons. The topological polar surface area (TPSA) is 41.4 Å². The van der Waals surface area contributed by atoms with Crippen LogP contribution in [0.25, 0.3) is 0 Å². The number of hydrogen-bond acceptors (Lipinski definition) is 3. The zero-order valence-electron chi connectivity index (χ0n) is 15.8. The minimum Gasteiger partial charge on any atom is -0.341 e. The molecule has 0 bridgehead atoms. The van der Waals surface area contributed by atoms with Gasteiger partial charge in [-0.3, -0.25) is 9.69 Å². The van der Waals surface area contributed by atoms with Crippen molar-refractivity contribution in [2.24, 2.45) is 7.05 Å². The zero-order chi connectivity index (χ0) is 18.1. The lowest BCUT2D eigenvalue weighted by molar-refractivity contribution is -0.137. The van der Waals surface area contributed by atoms with Gasteiger partial charge in [0.25, 0.3) is 0 Å². The van der Waals surface area contributed by atoms with E-state index in [2.05, 4.69) is 57.6 Å². The molecule has 0 N–H and O–H groups in total. The van der Waals surface area contributed by atoms with E-state index in [1.807, 2.05) is 12.4 Å². The van der Waals surface area contributed by atoms with Crippen molar-refractivity contribution >= 4 is 5.91 Å². The quantitative estimate of drug-likeness (QED) is 0.853. The first-order chi connectivity index (χ1) is 12.6. The van der Waals surface area contributed by atoms with Crippen LogP contribution < -0.4 is 0 Å². The summed E-state index contributed by atoms with van der Waals surface area (Å²) in [7, 11) is 2.05. The van der Waals surface area contributed by atoms with Crippen LogP contribution in [0, 0.1) is 0 Å². The van der Waals surface area contributed by atoms with Crippen molar-refractivity contribution in [1.29, 1.82) is 0 Å². The number of aromatic nitrogens is 2. The monoisotopic (exact) mass is 352 g/mol.